The van der Waals surface area contributed by atoms with E-state index in [-0.39, 0.29) is 0 Å². The zero-order valence-electron chi connectivity index (χ0n) is 10.4. The van der Waals surface area contributed by atoms with E-state index in [2.05, 4.69) is 12.1 Å². The van der Waals surface area contributed by atoms with E-state index in [9.17, 15) is 0 Å². The molecule has 1 saturated carbocycles. The van der Waals surface area contributed by atoms with E-state index in [4.69, 9.17) is 10.5 Å². The highest BCUT2D eigenvalue weighted by atomic mass is 32.2. The van der Waals surface area contributed by atoms with Gasteiger partial charge in [-0.15, -0.1) is 11.8 Å². The Morgan fingerprint density at radius 2 is 2.06 bits per heavy atom. The average molecular weight is 251 g/mol. The van der Waals surface area contributed by atoms with Crippen molar-refractivity contribution in [3.63, 3.8) is 0 Å². The average Bonchev–Trinajstić information content (AvgIpc) is 2.35. The Labute approximate surface area is 108 Å². The van der Waals surface area contributed by atoms with Gasteiger partial charge in [-0.1, -0.05) is 19.3 Å². The number of hydrogen-bond donors (Lipinski definition) is 1. The van der Waals surface area contributed by atoms with Gasteiger partial charge in [0.15, 0.2) is 0 Å². The molecule has 1 aliphatic carbocycles. The predicted octanol–water partition coefficient (Wildman–Crippen LogP) is 4.09. The van der Waals surface area contributed by atoms with E-state index in [0.29, 0.717) is 6.61 Å². The zero-order valence-corrected chi connectivity index (χ0v) is 11.3. The standard InChI is InChI=1S/C14H21NOS/c1-2-16-14-10-12(8-9-13(14)15)17-11-6-4-3-5-7-11/h8-11H,2-7,15H2,1H3. The lowest BCUT2D eigenvalue weighted by molar-refractivity contribution is 0.341. The second-order valence-corrected chi connectivity index (χ2v) is 5.88. The fourth-order valence-electron chi connectivity index (χ4n) is 2.24. The van der Waals surface area contributed by atoms with E-state index >= 15 is 0 Å². The normalized spacial score (nSPS) is 17.0. The molecule has 0 radical (unpaired) electrons. The van der Waals surface area contributed by atoms with Gasteiger partial charge in [0.25, 0.3) is 0 Å². The van der Waals surface area contributed by atoms with Crippen LogP contribution < -0.4 is 10.5 Å². The van der Waals surface area contributed by atoms with Crippen molar-refractivity contribution in [1.82, 2.24) is 0 Å². The highest BCUT2D eigenvalue weighted by molar-refractivity contribution is 8.00. The number of nitrogen functional groups attached to an aromatic ring is 1. The fraction of sp³-hybridized carbons (Fsp3) is 0.571. The Morgan fingerprint density at radius 1 is 1.29 bits per heavy atom. The SMILES string of the molecule is CCOc1cc(SC2CCCCC2)ccc1N. The summed E-state index contributed by atoms with van der Waals surface area (Å²) in [6.45, 7) is 2.65. The molecule has 2 rings (SSSR count). The minimum absolute atomic E-state index is 0.668. The number of anilines is 1. The van der Waals surface area contributed by atoms with Crippen molar-refractivity contribution in [3.05, 3.63) is 18.2 Å². The van der Waals surface area contributed by atoms with Crippen LogP contribution in [-0.4, -0.2) is 11.9 Å². The van der Waals surface area contributed by atoms with Crippen molar-refractivity contribution in [2.24, 2.45) is 0 Å². The lowest BCUT2D eigenvalue weighted by Gasteiger charge is -2.21. The molecule has 1 fully saturated rings. The summed E-state index contributed by atoms with van der Waals surface area (Å²) in [6.07, 6.45) is 6.86. The van der Waals surface area contributed by atoms with Crippen LogP contribution in [-0.2, 0) is 0 Å². The Kier molecular flexibility index (Phi) is 4.60. The molecule has 0 saturated heterocycles. The first-order chi connectivity index (χ1) is 8.29. The third-order valence-corrected chi connectivity index (χ3v) is 4.47. The van der Waals surface area contributed by atoms with Crippen LogP contribution in [0.25, 0.3) is 0 Å². The van der Waals surface area contributed by atoms with Crippen LogP contribution in [0.5, 0.6) is 5.75 Å². The van der Waals surface area contributed by atoms with Crippen molar-refractivity contribution >= 4 is 17.4 Å². The van der Waals surface area contributed by atoms with Crippen LogP contribution in [0.4, 0.5) is 5.69 Å². The lowest BCUT2D eigenvalue weighted by atomic mass is 10.0. The van der Waals surface area contributed by atoms with Gasteiger partial charge in [-0.25, -0.2) is 0 Å². The molecule has 17 heavy (non-hydrogen) atoms. The van der Waals surface area contributed by atoms with Gasteiger partial charge in [0.1, 0.15) is 5.75 Å². The number of thioether (sulfide) groups is 1. The van der Waals surface area contributed by atoms with E-state index in [1.165, 1.54) is 37.0 Å². The molecule has 1 aromatic rings. The Balaban J connectivity index is 2.02. The highest BCUT2D eigenvalue weighted by Gasteiger charge is 2.15. The summed E-state index contributed by atoms with van der Waals surface area (Å²) >= 11 is 1.98. The highest BCUT2D eigenvalue weighted by Crippen LogP contribution is 2.36. The van der Waals surface area contributed by atoms with Gasteiger partial charge in [-0.2, -0.15) is 0 Å². The molecular formula is C14H21NOS. The Hall–Kier alpha value is -0.830. The van der Waals surface area contributed by atoms with Gasteiger partial charge >= 0.3 is 0 Å². The van der Waals surface area contributed by atoms with Gasteiger partial charge < -0.3 is 10.5 Å². The largest absolute Gasteiger partial charge is 0.492 e. The number of ether oxygens (including phenoxy) is 1. The van der Waals surface area contributed by atoms with E-state index in [0.717, 1.165) is 16.7 Å². The Morgan fingerprint density at radius 3 is 2.76 bits per heavy atom. The second-order valence-electron chi connectivity index (χ2n) is 4.51. The summed E-state index contributed by atoms with van der Waals surface area (Å²) in [5.74, 6) is 0.827. The fourth-order valence-corrected chi connectivity index (χ4v) is 3.52. The maximum Gasteiger partial charge on any atom is 0.143 e. The van der Waals surface area contributed by atoms with Gasteiger partial charge in [0.2, 0.25) is 0 Å². The van der Waals surface area contributed by atoms with Gasteiger partial charge in [0.05, 0.1) is 12.3 Å². The number of nitrogens with two attached hydrogens (primary N) is 1. The molecule has 0 unspecified atom stereocenters. The summed E-state index contributed by atoms with van der Waals surface area (Å²) in [7, 11) is 0. The van der Waals surface area contributed by atoms with Crippen LogP contribution in [0, 0.1) is 0 Å². The van der Waals surface area contributed by atoms with E-state index < -0.39 is 0 Å². The minimum atomic E-state index is 0.668. The van der Waals surface area contributed by atoms with Crippen molar-refractivity contribution < 1.29 is 4.74 Å². The van der Waals surface area contributed by atoms with E-state index in [1.807, 2.05) is 24.8 Å². The third-order valence-electron chi connectivity index (χ3n) is 3.14. The van der Waals surface area contributed by atoms with Crippen LogP contribution in [0.1, 0.15) is 39.0 Å². The van der Waals surface area contributed by atoms with Crippen LogP contribution in [0.15, 0.2) is 23.1 Å². The maximum absolute atomic E-state index is 5.87. The summed E-state index contributed by atoms with van der Waals surface area (Å²) in [5, 5.41) is 0.779. The van der Waals surface area contributed by atoms with Gasteiger partial charge in [0, 0.05) is 10.1 Å². The first-order valence-corrected chi connectivity index (χ1v) is 7.36. The first kappa shape index (κ1) is 12.6. The summed E-state index contributed by atoms with van der Waals surface area (Å²) < 4.78 is 5.53. The molecule has 0 bridgehead atoms. The molecule has 3 heteroatoms. The van der Waals surface area contributed by atoms with Crippen molar-refractivity contribution in [3.8, 4) is 5.75 Å². The minimum Gasteiger partial charge on any atom is -0.492 e. The van der Waals surface area contributed by atoms with Crippen LogP contribution in [0.3, 0.4) is 0 Å². The number of rotatable bonds is 4. The number of hydrogen-bond acceptors (Lipinski definition) is 3. The predicted molar refractivity (Wildman–Crippen MR) is 74.8 cm³/mol. The van der Waals surface area contributed by atoms with Crippen molar-refractivity contribution in [2.75, 3.05) is 12.3 Å². The summed E-state index contributed by atoms with van der Waals surface area (Å²) in [4.78, 5) is 1.29. The molecule has 0 spiro atoms. The first-order valence-electron chi connectivity index (χ1n) is 6.48. The molecule has 2 nitrogen and oxygen atoms in total. The van der Waals surface area contributed by atoms with Crippen molar-refractivity contribution in [2.45, 2.75) is 49.2 Å². The molecule has 0 aromatic heterocycles. The smallest absolute Gasteiger partial charge is 0.143 e. The molecular weight excluding hydrogens is 230 g/mol. The molecule has 0 amide bonds. The maximum atomic E-state index is 5.87. The second kappa shape index (κ2) is 6.20. The molecule has 0 aliphatic heterocycles. The summed E-state index contributed by atoms with van der Waals surface area (Å²) in [5.41, 5.74) is 6.61. The number of benzene rings is 1. The summed E-state index contributed by atoms with van der Waals surface area (Å²) in [6, 6.07) is 6.14. The molecule has 94 valence electrons. The Bertz CT molecular complexity index is 361. The molecule has 1 aliphatic rings. The molecule has 0 heterocycles. The van der Waals surface area contributed by atoms with Crippen LogP contribution >= 0.6 is 11.8 Å². The zero-order chi connectivity index (χ0) is 12.1. The van der Waals surface area contributed by atoms with Crippen LogP contribution in [0.2, 0.25) is 0 Å². The lowest BCUT2D eigenvalue weighted by Crippen LogP contribution is -2.07. The molecule has 1 aromatic carbocycles. The molecule has 2 N–H and O–H groups in total. The van der Waals surface area contributed by atoms with Gasteiger partial charge in [-0.05, 0) is 38.0 Å². The van der Waals surface area contributed by atoms with Crippen molar-refractivity contribution in [1.29, 1.82) is 0 Å². The molecule has 0 atom stereocenters. The topological polar surface area (TPSA) is 35.2 Å². The quantitative estimate of drug-likeness (QED) is 0.818. The van der Waals surface area contributed by atoms with Gasteiger partial charge in [-0.3, -0.25) is 0 Å². The van der Waals surface area contributed by atoms with E-state index in [1.54, 1.807) is 0 Å². The third kappa shape index (κ3) is 3.56. The monoisotopic (exact) mass is 251 g/mol.